The molecule has 32 heavy (non-hydrogen) atoms. The lowest BCUT2D eigenvalue weighted by Crippen LogP contribution is -2.47. The summed E-state index contributed by atoms with van der Waals surface area (Å²) in [4.78, 5) is 13.3. The van der Waals surface area contributed by atoms with Crippen molar-refractivity contribution in [2.75, 3.05) is 27.4 Å². The number of nitrogens with zero attached hydrogens (tertiary/aromatic N) is 1. The first-order valence-corrected chi connectivity index (χ1v) is 12.1. The molecule has 2 heterocycles. The minimum atomic E-state index is -3.89. The second-order valence-electron chi connectivity index (χ2n) is 8.03. The fraction of sp³-hybridized carbons (Fsp3) is 0.435. The Morgan fingerprint density at radius 3 is 2.62 bits per heavy atom. The Hall–Kier alpha value is -2.78. The van der Waals surface area contributed by atoms with Crippen LogP contribution in [-0.4, -0.2) is 52.0 Å². The quantitative estimate of drug-likeness (QED) is 0.713. The summed E-state index contributed by atoms with van der Waals surface area (Å²) in [5.74, 6) is 1.23. The van der Waals surface area contributed by atoms with Gasteiger partial charge in [-0.1, -0.05) is 17.7 Å². The van der Waals surface area contributed by atoms with Gasteiger partial charge in [-0.3, -0.25) is 4.79 Å². The summed E-state index contributed by atoms with van der Waals surface area (Å²) in [5, 5.41) is 3.07. The Kier molecular flexibility index (Phi) is 6.30. The van der Waals surface area contributed by atoms with Crippen LogP contribution in [0.3, 0.4) is 0 Å². The average Bonchev–Trinajstić information content (AvgIpc) is 3.30. The van der Waals surface area contributed by atoms with Crippen LogP contribution in [0.4, 0.5) is 0 Å². The van der Waals surface area contributed by atoms with Crippen molar-refractivity contribution in [1.82, 2.24) is 9.62 Å². The zero-order valence-electron chi connectivity index (χ0n) is 18.5. The van der Waals surface area contributed by atoms with Crippen LogP contribution < -0.4 is 19.5 Å². The monoisotopic (exact) mass is 460 g/mol. The van der Waals surface area contributed by atoms with Gasteiger partial charge in [0.2, 0.25) is 15.9 Å². The Labute approximate surface area is 188 Å². The van der Waals surface area contributed by atoms with Crippen LogP contribution in [0.25, 0.3) is 0 Å². The number of amides is 1. The van der Waals surface area contributed by atoms with Crippen LogP contribution in [0, 0.1) is 6.92 Å². The fourth-order valence-corrected chi connectivity index (χ4v) is 6.01. The van der Waals surface area contributed by atoms with Crippen molar-refractivity contribution in [3.63, 3.8) is 0 Å². The Bertz CT molecular complexity index is 1120. The van der Waals surface area contributed by atoms with Crippen LogP contribution in [0.5, 0.6) is 17.2 Å². The van der Waals surface area contributed by atoms with Crippen LogP contribution in [0.2, 0.25) is 0 Å². The maximum Gasteiger partial charge on any atom is 0.243 e. The molecule has 0 radical (unpaired) electrons. The van der Waals surface area contributed by atoms with Crippen molar-refractivity contribution in [1.29, 1.82) is 0 Å². The number of carbonyl (C=O) groups excluding carboxylic acids is 1. The van der Waals surface area contributed by atoms with Crippen molar-refractivity contribution in [2.24, 2.45) is 0 Å². The molecule has 2 aromatic carbocycles. The van der Waals surface area contributed by atoms with Crippen molar-refractivity contribution in [2.45, 2.75) is 43.2 Å². The summed E-state index contributed by atoms with van der Waals surface area (Å²) in [5.41, 5.74) is 2.00. The van der Waals surface area contributed by atoms with Gasteiger partial charge in [0, 0.05) is 24.6 Å². The van der Waals surface area contributed by atoms with E-state index in [0.717, 1.165) is 16.9 Å². The van der Waals surface area contributed by atoms with Crippen molar-refractivity contribution in [3.8, 4) is 17.2 Å². The minimum absolute atomic E-state index is 0.0712. The largest absolute Gasteiger partial charge is 0.493 e. The molecule has 0 spiro atoms. The second kappa shape index (κ2) is 8.99. The number of ether oxygens (including phenoxy) is 3. The molecule has 1 fully saturated rings. The van der Waals surface area contributed by atoms with Gasteiger partial charge >= 0.3 is 0 Å². The molecule has 2 aromatic rings. The maximum atomic E-state index is 13.4. The molecule has 8 nitrogen and oxygen atoms in total. The second-order valence-corrected chi connectivity index (χ2v) is 9.92. The zero-order valence-corrected chi connectivity index (χ0v) is 19.3. The molecule has 0 bridgehead atoms. The molecule has 0 aromatic heterocycles. The van der Waals surface area contributed by atoms with Crippen LogP contribution >= 0.6 is 0 Å². The molecule has 4 rings (SSSR count). The molecule has 0 aliphatic carbocycles. The lowest BCUT2D eigenvalue weighted by Gasteiger charge is -2.30. The molecule has 0 saturated carbocycles. The standard InChI is InChI=1S/C23H28N2O6S/c1-15-6-8-20-17(13-15)18(10-12-31-20)24-23(26)19-5-4-11-25(19)32(27,28)16-7-9-21(29-2)22(14-16)30-3/h6-9,13-14,18-19H,4-5,10-12H2,1-3H3,(H,24,26). The Morgan fingerprint density at radius 1 is 1.09 bits per heavy atom. The molecule has 2 unspecified atom stereocenters. The van der Waals surface area contributed by atoms with Crippen LogP contribution in [0.15, 0.2) is 41.3 Å². The van der Waals surface area contributed by atoms with Gasteiger partial charge in [0.05, 0.1) is 31.8 Å². The molecule has 1 saturated heterocycles. The van der Waals surface area contributed by atoms with Crippen molar-refractivity contribution >= 4 is 15.9 Å². The number of fused-ring (bicyclic) bond motifs is 1. The first kappa shape index (κ1) is 22.4. The number of hydrogen-bond donors (Lipinski definition) is 1. The molecular formula is C23H28N2O6S. The van der Waals surface area contributed by atoms with E-state index in [4.69, 9.17) is 14.2 Å². The van der Waals surface area contributed by atoms with Gasteiger partial charge < -0.3 is 19.5 Å². The van der Waals surface area contributed by atoms with Gasteiger partial charge in [0.15, 0.2) is 11.5 Å². The lowest BCUT2D eigenvalue weighted by molar-refractivity contribution is -0.125. The number of sulfonamides is 1. The van der Waals surface area contributed by atoms with E-state index in [1.807, 2.05) is 25.1 Å². The Morgan fingerprint density at radius 2 is 1.88 bits per heavy atom. The summed E-state index contributed by atoms with van der Waals surface area (Å²) < 4.78 is 44.2. The van der Waals surface area contributed by atoms with Gasteiger partial charge in [0.25, 0.3) is 0 Å². The maximum absolute atomic E-state index is 13.4. The van der Waals surface area contributed by atoms with Crippen molar-refractivity contribution in [3.05, 3.63) is 47.5 Å². The fourth-order valence-electron chi connectivity index (χ4n) is 4.33. The third kappa shape index (κ3) is 4.14. The molecule has 2 aliphatic rings. The van der Waals surface area contributed by atoms with E-state index in [0.29, 0.717) is 37.4 Å². The van der Waals surface area contributed by atoms with E-state index in [-0.39, 0.29) is 23.4 Å². The van der Waals surface area contributed by atoms with E-state index < -0.39 is 16.1 Å². The number of aryl methyl sites for hydroxylation is 1. The van der Waals surface area contributed by atoms with Crippen LogP contribution in [0.1, 0.15) is 36.4 Å². The molecule has 2 aliphatic heterocycles. The number of nitrogens with one attached hydrogen (secondary N) is 1. The van der Waals surface area contributed by atoms with E-state index in [1.165, 1.54) is 30.7 Å². The van der Waals surface area contributed by atoms with E-state index >= 15 is 0 Å². The number of methoxy groups -OCH3 is 2. The van der Waals surface area contributed by atoms with Gasteiger partial charge in [-0.15, -0.1) is 0 Å². The smallest absolute Gasteiger partial charge is 0.243 e. The first-order chi connectivity index (χ1) is 15.3. The lowest BCUT2D eigenvalue weighted by atomic mass is 9.98. The van der Waals surface area contributed by atoms with Gasteiger partial charge in [-0.2, -0.15) is 4.31 Å². The topological polar surface area (TPSA) is 94.2 Å². The molecular weight excluding hydrogens is 432 g/mol. The van der Waals surface area contributed by atoms with Gasteiger partial charge in [-0.05, 0) is 38.0 Å². The Balaban J connectivity index is 1.56. The summed E-state index contributed by atoms with van der Waals surface area (Å²) in [6, 6.07) is 9.37. The number of rotatable bonds is 6. The zero-order chi connectivity index (χ0) is 22.9. The summed E-state index contributed by atoms with van der Waals surface area (Å²) in [6.45, 7) is 2.78. The molecule has 9 heteroatoms. The van der Waals surface area contributed by atoms with E-state index in [1.54, 1.807) is 6.07 Å². The number of benzene rings is 2. The predicted octanol–water partition coefficient (Wildman–Crippen LogP) is 2.81. The first-order valence-electron chi connectivity index (χ1n) is 10.6. The molecule has 1 N–H and O–H groups in total. The summed E-state index contributed by atoms with van der Waals surface area (Å²) in [6.07, 6.45) is 1.73. The van der Waals surface area contributed by atoms with E-state index in [9.17, 15) is 13.2 Å². The summed E-state index contributed by atoms with van der Waals surface area (Å²) in [7, 11) is -0.945. The van der Waals surface area contributed by atoms with E-state index in [2.05, 4.69) is 5.32 Å². The predicted molar refractivity (Wildman–Crippen MR) is 119 cm³/mol. The molecule has 2 atom stereocenters. The van der Waals surface area contributed by atoms with Gasteiger partial charge in [-0.25, -0.2) is 8.42 Å². The third-order valence-electron chi connectivity index (χ3n) is 5.99. The highest BCUT2D eigenvalue weighted by Gasteiger charge is 2.40. The SMILES string of the molecule is COc1ccc(S(=O)(=O)N2CCCC2C(=O)NC2CCOc3ccc(C)cc32)cc1OC. The molecule has 1 amide bonds. The normalized spacial score (nSPS) is 20.8. The molecule has 172 valence electrons. The average molecular weight is 461 g/mol. The third-order valence-corrected chi connectivity index (χ3v) is 7.89. The number of carbonyl (C=O) groups is 1. The minimum Gasteiger partial charge on any atom is -0.493 e. The van der Waals surface area contributed by atoms with Crippen LogP contribution in [-0.2, 0) is 14.8 Å². The highest BCUT2D eigenvalue weighted by atomic mass is 32.2. The van der Waals surface area contributed by atoms with Gasteiger partial charge in [0.1, 0.15) is 11.8 Å². The van der Waals surface area contributed by atoms with Crippen molar-refractivity contribution < 1.29 is 27.4 Å². The number of hydrogen-bond acceptors (Lipinski definition) is 6. The highest BCUT2D eigenvalue weighted by molar-refractivity contribution is 7.89. The summed E-state index contributed by atoms with van der Waals surface area (Å²) >= 11 is 0. The highest BCUT2D eigenvalue weighted by Crippen LogP contribution is 2.35.